The second-order valence-corrected chi connectivity index (χ2v) is 3.54. The molecule has 4 nitrogen and oxygen atoms in total. The third-order valence-electron chi connectivity index (χ3n) is 1.53. The molecule has 0 fully saturated rings. The van der Waals surface area contributed by atoms with E-state index in [0.717, 1.165) is 10.1 Å². The van der Waals surface area contributed by atoms with Crippen molar-refractivity contribution in [3.8, 4) is 0 Å². The van der Waals surface area contributed by atoms with Crippen LogP contribution in [-0.4, -0.2) is 20.2 Å². The lowest BCUT2D eigenvalue weighted by Gasteiger charge is -1.97. The van der Waals surface area contributed by atoms with E-state index in [1.807, 2.05) is 37.4 Å². The van der Waals surface area contributed by atoms with Crippen molar-refractivity contribution in [1.29, 1.82) is 0 Å². The van der Waals surface area contributed by atoms with Gasteiger partial charge in [-0.25, -0.2) is 4.68 Å². The minimum absolute atomic E-state index is 0.797. The van der Waals surface area contributed by atoms with Crippen molar-refractivity contribution in [2.75, 3.05) is 0 Å². The van der Waals surface area contributed by atoms with Crippen molar-refractivity contribution in [2.24, 2.45) is 7.05 Å². The number of rotatable bonds is 2. The standard InChI is InChI=1S/C8H8N4S/c1-12-8(9-10-11-12)13-7-5-3-2-4-6-7/h2-6H,1H3. The van der Waals surface area contributed by atoms with Gasteiger partial charge in [0.1, 0.15) is 0 Å². The molecule has 2 aromatic rings. The van der Waals surface area contributed by atoms with Gasteiger partial charge in [-0.1, -0.05) is 18.2 Å². The van der Waals surface area contributed by atoms with Gasteiger partial charge in [0.2, 0.25) is 5.16 Å². The summed E-state index contributed by atoms with van der Waals surface area (Å²) in [5.74, 6) is 0. The van der Waals surface area contributed by atoms with E-state index in [2.05, 4.69) is 15.5 Å². The van der Waals surface area contributed by atoms with Crippen LogP contribution in [-0.2, 0) is 7.05 Å². The van der Waals surface area contributed by atoms with Gasteiger partial charge in [0.05, 0.1) is 0 Å². The smallest absolute Gasteiger partial charge is 0.213 e. The van der Waals surface area contributed by atoms with Crippen LogP contribution in [0.4, 0.5) is 0 Å². The summed E-state index contributed by atoms with van der Waals surface area (Å²) in [6.45, 7) is 0. The Morgan fingerprint density at radius 1 is 1.23 bits per heavy atom. The molecule has 0 bridgehead atoms. The summed E-state index contributed by atoms with van der Waals surface area (Å²) < 4.78 is 1.65. The molecule has 0 amide bonds. The molecule has 1 aromatic heterocycles. The average Bonchev–Trinajstić information content (AvgIpc) is 2.54. The lowest BCUT2D eigenvalue weighted by atomic mass is 10.4. The third kappa shape index (κ3) is 1.86. The van der Waals surface area contributed by atoms with Crippen molar-refractivity contribution in [1.82, 2.24) is 20.2 Å². The number of hydrogen-bond donors (Lipinski definition) is 0. The Labute approximate surface area is 80.0 Å². The first-order chi connectivity index (χ1) is 6.36. The Bertz CT molecular complexity index is 384. The Hall–Kier alpha value is -1.36. The zero-order valence-electron chi connectivity index (χ0n) is 7.08. The Morgan fingerprint density at radius 3 is 2.62 bits per heavy atom. The monoisotopic (exact) mass is 192 g/mol. The molecule has 0 radical (unpaired) electrons. The van der Waals surface area contributed by atoms with Gasteiger partial charge < -0.3 is 0 Å². The average molecular weight is 192 g/mol. The molecule has 66 valence electrons. The van der Waals surface area contributed by atoms with E-state index < -0.39 is 0 Å². The topological polar surface area (TPSA) is 43.6 Å². The number of hydrogen-bond acceptors (Lipinski definition) is 4. The van der Waals surface area contributed by atoms with Crippen LogP contribution in [0.2, 0.25) is 0 Å². The van der Waals surface area contributed by atoms with Crippen LogP contribution in [0, 0.1) is 0 Å². The zero-order chi connectivity index (χ0) is 9.10. The van der Waals surface area contributed by atoms with E-state index in [1.54, 1.807) is 16.4 Å². The molecule has 1 heterocycles. The first-order valence-corrected chi connectivity index (χ1v) is 4.63. The highest BCUT2D eigenvalue weighted by Crippen LogP contribution is 2.23. The maximum absolute atomic E-state index is 3.88. The maximum Gasteiger partial charge on any atom is 0.213 e. The summed E-state index contributed by atoms with van der Waals surface area (Å²) in [5.41, 5.74) is 0. The number of aromatic nitrogens is 4. The fourth-order valence-corrected chi connectivity index (χ4v) is 1.65. The summed E-state index contributed by atoms with van der Waals surface area (Å²) in [6.07, 6.45) is 0. The van der Waals surface area contributed by atoms with Crippen molar-refractivity contribution < 1.29 is 0 Å². The molecule has 0 atom stereocenters. The van der Waals surface area contributed by atoms with Crippen molar-refractivity contribution >= 4 is 11.8 Å². The van der Waals surface area contributed by atoms with Crippen LogP contribution in [0.5, 0.6) is 0 Å². The van der Waals surface area contributed by atoms with Crippen molar-refractivity contribution in [3.05, 3.63) is 30.3 Å². The van der Waals surface area contributed by atoms with Gasteiger partial charge in [0.15, 0.2) is 0 Å². The van der Waals surface area contributed by atoms with Crippen molar-refractivity contribution in [2.45, 2.75) is 10.1 Å². The minimum Gasteiger partial charge on any atom is -0.223 e. The molecule has 0 spiro atoms. The van der Waals surface area contributed by atoms with E-state index in [-0.39, 0.29) is 0 Å². The molecule has 0 N–H and O–H groups in total. The summed E-state index contributed by atoms with van der Waals surface area (Å²) >= 11 is 1.55. The highest BCUT2D eigenvalue weighted by atomic mass is 32.2. The Morgan fingerprint density at radius 2 is 2.00 bits per heavy atom. The molecule has 0 saturated carbocycles. The molecule has 0 aliphatic carbocycles. The van der Waals surface area contributed by atoms with E-state index >= 15 is 0 Å². The lowest BCUT2D eigenvalue weighted by Crippen LogP contribution is -1.92. The molecule has 0 saturated heterocycles. The number of tetrazole rings is 1. The zero-order valence-corrected chi connectivity index (χ0v) is 7.90. The molecular weight excluding hydrogens is 184 g/mol. The second-order valence-electron chi connectivity index (χ2n) is 2.50. The van der Waals surface area contributed by atoms with Gasteiger partial charge in [0.25, 0.3) is 0 Å². The first-order valence-electron chi connectivity index (χ1n) is 3.81. The van der Waals surface area contributed by atoms with Crippen LogP contribution in [0.1, 0.15) is 0 Å². The van der Waals surface area contributed by atoms with Crippen LogP contribution < -0.4 is 0 Å². The molecule has 0 aliphatic heterocycles. The van der Waals surface area contributed by atoms with E-state index in [4.69, 9.17) is 0 Å². The predicted octanol–water partition coefficient (Wildman–Crippen LogP) is 1.36. The molecule has 2 rings (SSSR count). The highest BCUT2D eigenvalue weighted by Gasteiger charge is 2.02. The van der Waals surface area contributed by atoms with Gasteiger partial charge in [-0.15, -0.1) is 5.10 Å². The maximum atomic E-state index is 3.88. The normalized spacial score (nSPS) is 10.2. The third-order valence-corrected chi connectivity index (χ3v) is 2.57. The van der Waals surface area contributed by atoms with E-state index in [1.165, 1.54) is 0 Å². The van der Waals surface area contributed by atoms with Crippen molar-refractivity contribution in [3.63, 3.8) is 0 Å². The molecule has 5 heteroatoms. The van der Waals surface area contributed by atoms with Crippen LogP contribution >= 0.6 is 11.8 Å². The van der Waals surface area contributed by atoms with E-state index in [9.17, 15) is 0 Å². The first kappa shape index (κ1) is 8.25. The Kier molecular flexibility index (Phi) is 2.27. The summed E-state index contributed by atoms with van der Waals surface area (Å²) in [4.78, 5) is 1.14. The van der Waals surface area contributed by atoms with Gasteiger partial charge in [-0.2, -0.15) is 0 Å². The van der Waals surface area contributed by atoms with Gasteiger partial charge in [-0.3, -0.25) is 0 Å². The van der Waals surface area contributed by atoms with Crippen LogP contribution in [0.3, 0.4) is 0 Å². The minimum atomic E-state index is 0.797. The molecule has 13 heavy (non-hydrogen) atoms. The fourth-order valence-electron chi connectivity index (χ4n) is 0.902. The van der Waals surface area contributed by atoms with E-state index in [0.29, 0.717) is 0 Å². The van der Waals surface area contributed by atoms with Gasteiger partial charge >= 0.3 is 0 Å². The number of aryl methyl sites for hydroxylation is 1. The van der Waals surface area contributed by atoms with Crippen LogP contribution in [0.25, 0.3) is 0 Å². The van der Waals surface area contributed by atoms with Crippen LogP contribution in [0.15, 0.2) is 40.4 Å². The second kappa shape index (κ2) is 3.57. The molecule has 1 aromatic carbocycles. The van der Waals surface area contributed by atoms with Gasteiger partial charge in [0, 0.05) is 11.9 Å². The Balaban J connectivity index is 2.20. The number of nitrogens with zero attached hydrogens (tertiary/aromatic N) is 4. The fraction of sp³-hybridized carbons (Fsp3) is 0.125. The largest absolute Gasteiger partial charge is 0.223 e. The SMILES string of the molecule is Cn1nnnc1Sc1ccccc1. The summed E-state index contributed by atoms with van der Waals surface area (Å²) in [6, 6.07) is 10.0. The summed E-state index contributed by atoms with van der Waals surface area (Å²) in [5, 5.41) is 12.0. The predicted molar refractivity (Wildman–Crippen MR) is 49.4 cm³/mol. The lowest BCUT2D eigenvalue weighted by molar-refractivity contribution is 0.664. The van der Waals surface area contributed by atoms with Gasteiger partial charge in [-0.05, 0) is 34.3 Å². The quantitative estimate of drug-likeness (QED) is 0.720. The molecule has 0 unspecified atom stereocenters. The summed E-state index contributed by atoms with van der Waals surface area (Å²) in [7, 11) is 1.82. The molecular formula is C8H8N4S. The highest BCUT2D eigenvalue weighted by molar-refractivity contribution is 7.99. The molecule has 0 aliphatic rings. The number of benzene rings is 1.